The molecule has 0 unspecified atom stereocenters. The Morgan fingerprint density at radius 3 is 1.94 bits per heavy atom. The minimum atomic E-state index is -0.559. The largest absolute Gasteiger partial charge is 0.445 e. The standard InChI is InChI=1S/C26H32N2O4/c1-5-20(3)24(27-25(29)31-18-22-13-9-7-10-14-22)17-28(21(4)6-2)26(30)32-19-23-15-11-8-12-16-23/h5-16,20-21,24H,1-2,17-19H2,3-4H3,(H,27,29)/t20-,21-,24-/m0/s1. The quantitative estimate of drug-likeness (QED) is 0.484. The predicted molar refractivity (Wildman–Crippen MR) is 126 cm³/mol. The maximum Gasteiger partial charge on any atom is 0.410 e. The van der Waals surface area contributed by atoms with E-state index in [1.807, 2.05) is 74.5 Å². The fraction of sp³-hybridized carbons (Fsp3) is 0.308. The van der Waals surface area contributed by atoms with E-state index in [4.69, 9.17) is 9.47 Å². The topological polar surface area (TPSA) is 67.9 Å². The predicted octanol–water partition coefficient (Wildman–Crippen LogP) is 5.32. The molecule has 32 heavy (non-hydrogen) atoms. The molecule has 0 aliphatic carbocycles. The minimum absolute atomic E-state index is 0.110. The second kappa shape index (κ2) is 13.0. The number of nitrogens with one attached hydrogen (secondary N) is 1. The van der Waals surface area contributed by atoms with Gasteiger partial charge in [-0.05, 0) is 24.0 Å². The number of hydrogen-bond acceptors (Lipinski definition) is 4. The highest BCUT2D eigenvalue weighted by Crippen LogP contribution is 2.13. The molecule has 1 N–H and O–H groups in total. The van der Waals surface area contributed by atoms with Gasteiger partial charge in [0.15, 0.2) is 0 Å². The number of rotatable bonds is 11. The molecule has 0 fully saturated rings. The van der Waals surface area contributed by atoms with Gasteiger partial charge in [0.2, 0.25) is 0 Å². The van der Waals surface area contributed by atoms with E-state index < -0.39 is 18.2 Å². The molecule has 2 amide bonds. The van der Waals surface area contributed by atoms with E-state index in [2.05, 4.69) is 18.5 Å². The fourth-order valence-electron chi connectivity index (χ4n) is 2.97. The summed E-state index contributed by atoms with van der Waals surface area (Å²) in [6.45, 7) is 11.9. The highest BCUT2D eigenvalue weighted by molar-refractivity contribution is 5.70. The van der Waals surface area contributed by atoms with E-state index in [0.29, 0.717) is 0 Å². The van der Waals surface area contributed by atoms with Crippen LogP contribution in [0.25, 0.3) is 0 Å². The molecule has 6 nitrogen and oxygen atoms in total. The maximum absolute atomic E-state index is 12.8. The zero-order chi connectivity index (χ0) is 23.3. The van der Waals surface area contributed by atoms with Gasteiger partial charge in [0, 0.05) is 6.54 Å². The molecule has 2 aromatic rings. The van der Waals surface area contributed by atoms with Crippen molar-refractivity contribution in [2.75, 3.05) is 6.54 Å². The second-order valence-corrected chi connectivity index (χ2v) is 7.58. The van der Waals surface area contributed by atoms with Crippen LogP contribution in [0, 0.1) is 5.92 Å². The molecule has 3 atom stereocenters. The van der Waals surface area contributed by atoms with Gasteiger partial charge in [-0.3, -0.25) is 4.90 Å². The Bertz CT molecular complexity index is 870. The normalized spacial score (nSPS) is 13.2. The van der Waals surface area contributed by atoms with E-state index in [-0.39, 0.29) is 31.7 Å². The highest BCUT2D eigenvalue weighted by atomic mass is 16.6. The Kier molecular flexibility index (Phi) is 10.0. The zero-order valence-electron chi connectivity index (χ0n) is 18.8. The van der Waals surface area contributed by atoms with Gasteiger partial charge in [-0.15, -0.1) is 13.2 Å². The van der Waals surface area contributed by atoms with Crippen molar-refractivity contribution in [3.05, 3.63) is 97.1 Å². The average Bonchev–Trinajstić information content (AvgIpc) is 2.84. The van der Waals surface area contributed by atoms with Crippen molar-refractivity contribution in [2.24, 2.45) is 5.92 Å². The summed E-state index contributed by atoms with van der Waals surface area (Å²) in [6, 6.07) is 18.2. The van der Waals surface area contributed by atoms with Crippen LogP contribution in [0.3, 0.4) is 0 Å². The van der Waals surface area contributed by atoms with Gasteiger partial charge in [0.1, 0.15) is 13.2 Å². The van der Waals surface area contributed by atoms with E-state index in [1.54, 1.807) is 12.2 Å². The molecule has 0 aliphatic heterocycles. The molecule has 0 spiro atoms. The average molecular weight is 437 g/mol. The van der Waals surface area contributed by atoms with Gasteiger partial charge in [0.05, 0.1) is 12.1 Å². The summed E-state index contributed by atoms with van der Waals surface area (Å²) in [5.74, 6) is -0.110. The Balaban J connectivity index is 2.02. The molecule has 2 rings (SSSR count). The first-order chi connectivity index (χ1) is 15.4. The second-order valence-electron chi connectivity index (χ2n) is 7.58. The van der Waals surface area contributed by atoms with Crippen LogP contribution in [0.1, 0.15) is 25.0 Å². The summed E-state index contributed by atoms with van der Waals surface area (Å²) in [5.41, 5.74) is 1.79. The first-order valence-electron chi connectivity index (χ1n) is 10.6. The number of hydrogen-bond donors (Lipinski definition) is 1. The number of carbonyl (C=O) groups excluding carboxylic acids is 2. The molecular weight excluding hydrogens is 404 g/mol. The Hall–Kier alpha value is -3.54. The van der Waals surface area contributed by atoms with E-state index in [1.165, 1.54) is 4.90 Å². The van der Waals surface area contributed by atoms with Crippen LogP contribution in [0.5, 0.6) is 0 Å². The van der Waals surface area contributed by atoms with Crippen LogP contribution in [-0.2, 0) is 22.7 Å². The molecule has 6 heteroatoms. The van der Waals surface area contributed by atoms with Crippen LogP contribution in [0.2, 0.25) is 0 Å². The van der Waals surface area contributed by atoms with E-state index in [0.717, 1.165) is 11.1 Å². The first-order valence-corrected chi connectivity index (χ1v) is 10.6. The molecule has 0 aromatic heterocycles. The Morgan fingerprint density at radius 1 is 0.906 bits per heavy atom. The summed E-state index contributed by atoms with van der Waals surface area (Å²) in [6.07, 6.45) is 2.35. The van der Waals surface area contributed by atoms with Gasteiger partial charge in [-0.25, -0.2) is 9.59 Å². The zero-order valence-corrected chi connectivity index (χ0v) is 18.8. The van der Waals surface area contributed by atoms with Gasteiger partial charge < -0.3 is 14.8 Å². The third-order valence-electron chi connectivity index (χ3n) is 5.19. The van der Waals surface area contributed by atoms with Gasteiger partial charge in [0.25, 0.3) is 0 Å². The third-order valence-corrected chi connectivity index (χ3v) is 5.19. The minimum Gasteiger partial charge on any atom is -0.445 e. The van der Waals surface area contributed by atoms with Gasteiger partial charge >= 0.3 is 12.2 Å². The molecule has 170 valence electrons. The first kappa shape index (κ1) is 24.7. The molecule has 0 heterocycles. The number of nitrogens with zero attached hydrogens (tertiary/aromatic N) is 1. The molecule has 0 aliphatic rings. The lowest BCUT2D eigenvalue weighted by molar-refractivity contribution is 0.0811. The van der Waals surface area contributed by atoms with Crippen molar-refractivity contribution < 1.29 is 19.1 Å². The van der Waals surface area contributed by atoms with Crippen molar-refractivity contribution in [1.29, 1.82) is 0 Å². The summed E-state index contributed by atoms with van der Waals surface area (Å²) < 4.78 is 10.9. The van der Waals surface area contributed by atoms with Crippen LogP contribution < -0.4 is 5.32 Å². The third kappa shape index (κ3) is 7.95. The summed E-state index contributed by atoms with van der Waals surface area (Å²) >= 11 is 0. The molecule has 0 saturated heterocycles. The summed E-state index contributed by atoms with van der Waals surface area (Å²) in [5, 5.41) is 2.86. The van der Waals surface area contributed by atoms with E-state index in [9.17, 15) is 9.59 Å². The summed E-state index contributed by atoms with van der Waals surface area (Å²) in [7, 11) is 0. The highest BCUT2D eigenvalue weighted by Gasteiger charge is 2.27. The number of benzene rings is 2. The van der Waals surface area contributed by atoms with Crippen molar-refractivity contribution in [2.45, 2.75) is 39.1 Å². The number of alkyl carbamates (subject to hydrolysis) is 1. The SMILES string of the molecule is C=C[C@H](C)[C@H](CN(C(=O)OCc1ccccc1)[C@@H](C)C=C)NC(=O)OCc1ccccc1. The van der Waals surface area contributed by atoms with Crippen LogP contribution in [0.4, 0.5) is 9.59 Å². The molecule has 0 radical (unpaired) electrons. The monoisotopic (exact) mass is 436 g/mol. The Labute approximate surface area is 190 Å². The molecular formula is C26H32N2O4. The van der Waals surface area contributed by atoms with Crippen molar-refractivity contribution >= 4 is 12.2 Å². The van der Waals surface area contributed by atoms with Crippen molar-refractivity contribution in [1.82, 2.24) is 10.2 Å². The number of carbonyl (C=O) groups is 2. The van der Waals surface area contributed by atoms with E-state index >= 15 is 0 Å². The fourth-order valence-corrected chi connectivity index (χ4v) is 2.97. The smallest absolute Gasteiger partial charge is 0.410 e. The van der Waals surface area contributed by atoms with Crippen molar-refractivity contribution in [3.8, 4) is 0 Å². The van der Waals surface area contributed by atoms with Gasteiger partial charge in [-0.2, -0.15) is 0 Å². The molecule has 2 aromatic carbocycles. The Morgan fingerprint density at radius 2 is 1.44 bits per heavy atom. The van der Waals surface area contributed by atoms with Gasteiger partial charge in [-0.1, -0.05) is 79.7 Å². The lowest BCUT2D eigenvalue weighted by Crippen LogP contribution is -2.51. The lowest BCUT2D eigenvalue weighted by atomic mass is 10.0. The van der Waals surface area contributed by atoms with Crippen LogP contribution in [0.15, 0.2) is 86.0 Å². The van der Waals surface area contributed by atoms with Crippen LogP contribution >= 0.6 is 0 Å². The summed E-state index contributed by atoms with van der Waals surface area (Å²) in [4.78, 5) is 26.8. The van der Waals surface area contributed by atoms with Crippen LogP contribution in [-0.4, -0.2) is 35.7 Å². The lowest BCUT2D eigenvalue weighted by Gasteiger charge is -2.32. The number of ether oxygens (including phenoxy) is 2. The van der Waals surface area contributed by atoms with Crippen molar-refractivity contribution in [3.63, 3.8) is 0 Å². The molecule has 0 saturated carbocycles. The molecule has 0 bridgehead atoms. The number of amides is 2. The maximum atomic E-state index is 12.8.